The number of hydrogen-bond donors (Lipinski definition) is 1. The molecule has 0 amide bonds. The molecule has 0 bridgehead atoms. The van der Waals surface area contributed by atoms with Crippen molar-refractivity contribution in [1.82, 2.24) is 14.6 Å². The molecule has 0 aliphatic heterocycles. The molecule has 0 aliphatic carbocycles. The van der Waals surface area contributed by atoms with Gasteiger partial charge in [0, 0.05) is 12.8 Å². The van der Waals surface area contributed by atoms with Gasteiger partial charge in [0.1, 0.15) is 0 Å². The van der Waals surface area contributed by atoms with E-state index in [1.54, 1.807) is 4.52 Å². The maximum Gasteiger partial charge on any atom is 0.243 e. The van der Waals surface area contributed by atoms with Crippen LogP contribution >= 0.6 is 0 Å². The Morgan fingerprint density at radius 1 is 1.37 bits per heavy atom. The van der Waals surface area contributed by atoms with Crippen LogP contribution in [0.5, 0.6) is 0 Å². The summed E-state index contributed by atoms with van der Waals surface area (Å²) < 4.78 is 7.30. The molecule has 19 heavy (non-hydrogen) atoms. The Labute approximate surface area is 114 Å². The van der Waals surface area contributed by atoms with Gasteiger partial charge in [0.25, 0.3) is 0 Å². The standard InChI is InChI=1S/C14H22N4O/c1-5-19-9-12(10(2)3)15-14-16-13-7-6-11(4)8-18(13)17-14/h6-8,10,12H,5,9H2,1-4H3,(H,15,17). The van der Waals surface area contributed by atoms with Crippen molar-refractivity contribution < 1.29 is 4.74 Å². The van der Waals surface area contributed by atoms with Crippen molar-refractivity contribution in [2.45, 2.75) is 33.7 Å². The van der Waals surface area contributed by atoms with E-state index in [4.69, 9.17) is 4.74 Å². The second-order valence-corrected chi connectivity index (χ2v) is 5.10. The lowest BCUT2D eigenvalue weighted by molar-refractivity contribution is 0.126. The first kappa shape index (κ1) is 13.8. The van der Waals surface area contributed by atoms with E-state index in [2.05, 4.69) is 29.2 Å². The van der Waals surface area contributed by atoms with Crippen LogP contribution in [0.4, 0.5) is 5.95 Å². The Bertz CT molecular complexity index is 535. The van der Waals surface area contributed by atoms with Crippen LogP contribution in [-0.2, 0) is 4.74 Å². The molecule has 1 unspecified atom stereocenters. The van der Waals surface area contributed by atoms with Gasteiger partial charge >= 0.3 is 0 Å². The molecule has 5 nitrogen and oxygen atoms in total. The Balaban J connectivity index is 2.14. The predicted molar refractivity (Wildman–Crippen MR) is 76.5 cm³/mol. The van der Waals surface area contributed by atoms with Gasteiger partial charge in [0.05, 0.1) is 12.6 Å². The van der Waals surface area contributed by atoms with Gasteiger partial charge in [-0.25, -0.2) is 4.52 Å². The Kier molecular flexibility index (Phi) is 4.37. The lowest BCUT2D eigenvalue weighted by atomic mass is 10.1. The molecule has 1 N–H and O–H groups in total. The van der Waals surface area contributed by atoms with Gasteiger partial charge in [-0.05, 0) is 31.4 Å². The van der Waals surface area contributed by atoms with Crippen molar-refractivity contribution in [2.24, 2.45) is 5.92 Å². The van der Waals surface area contributed by atoms with Gasteiger partial charge < -0.3 is 10.1 Å². The largest absolute Gasteiger partial charge is 0.380 e. The van der Waals surface area contributed by atoms with E-state index in [9.17, 15) is 0 Å². The maximum absolute atomic E-state index is 5.50. The van der Waals surface area contributed by atoms with E-state index in [1.165, 1.54) is 5.56 Å². The fourth-order valence-corrected chi connectivity index (χ4v) is 1.86. The highest BCUT2D eigenvalue weighted by atomic mass is 16.5. The van der Waals surface area contributed by atoms with Crippen molar-refractivity contribution in [3.8, 4) is 0 Å². The SMILES string of the molecule is CCOCC(Nc1nc2ccc(C)cn2n1)C(C)C. The molecule has 0 spiro atoms. The first-order chi connectivity index (χ1) is 9.10. The molecule has 0 fully saturated rings. The number of aryl methyl sites for hydroxylation is 1. The van der Waals surface area contributed by atoms with Crippen LogP contribution in [0, 0.1) is 12.8 Å². The number of anilines is 1. The van der Waals surface area contributed by atoms with Crippen molar-refractivity contribution in [3.63, 3.8) is 0 Å². The summed E-state index contributed by atoms with van der Waals surface area (Å²) >= 11 is 0. The molecule has 0 radical (unpaired) electrons. The summed E-state index contributed by atoms with van der Waals surface area (Å²) in [5, 5.41) is 7.80. The molecule has 1 atom stereocenters. The molecular formula is C14H22N4O. The third-order valence-corrected chi connectivity index (χ3v) is 3.10. The van der Waals surface area contributed by atoms with Gasteiger partial charge in [-0.1, -0.05) is 19.9 Å². The first-order valence-corrected chi connectivity index (χ1v) is 6.77. The molecule has 2 rings (SSSR count). The molecule has 2 aromatic rings. The zero-order chi connectivity index (χ0) is 13.8. The topological polar surface area (TPSA) is 51.5 Å². The first-order valence-electron chi connectivity index (χ1n) is 6.77. The molecule has 0 saturated heterocycles. The normalized spacial score (nSPS) is 13.1. The summed E-state index contributed by atoms with van der Waals surface area (Å²) in [5.74, 6) is 1.11. The summed E-state index contributed by atoms with van der Waals surface area (Å²) in [5.41, 5.74) is 2.02. The summed E-state index contributed by atoms with van der Waals surface area (Å²) in [6.45, 7) is 9.77. The van der Waals surface area contributed by atoms with E-state index < -0.39 is 0 Å². The van der Waals surface area contributed by atoms with E-state index in [-0.39, 0.29) is 6.04 Å². The summed E-state index contributed by atoms with van der Waals surface area (Å²) in [6, 6.07) is 4.23. The van der Waals surface area contributed by atoms with Crippen LogP contribution in [0.2, 0.25) is 0 Å². The minimum Gasteiger partial charge on any atom is -0.380 e. The Morgan fingerprint density at radius 3 is 2.84 bits per heavy atom. The van der Waals surface area contributed by atoms with Gasteiger partial charge in [0.15, 0.2) is 5.65 Å². The second kappa shape index (κ2) is 6.02. The van der Waals surface area contributed by atoms with Gasteiger partial charge in [0.2, 0.25) is 5.95 Å². The monoisotopic (exact) mass is 262 g/mol. The third kappa shape index (κ3) is 3.44. The lowest BCUT2D eigenvalue weighted by Gasteiger charge is -2.20. The maximum atomic E-state index is 5.50. The van der Waals surface area contributed by atoms with Gasteiger partial charge in [-0.15, -0.1) is 5.10 Å². The number of hydrogen-bond acceptors (Lipinski definition) is 4. The quantitative estimate of drug-likeness (QED) is 0.869. The number of pyridine rings is 1. The zero-order valence-corrected chi connectivity index (χ0v) is 12.1. The lowest BCUT2D eigenvalue weighted by Crippen LogP contribution is -2.31. The fourth-order valence-electron chi connectivity index (χ4n) is 1.86. The van der Waals surface area contributed by atoms with Gasteiger partial charge in [-0.2, -0.15) is 4.98 Å². The van der Waals surface area contributed by atoms with Crippen LogP contribution in [0.25, 0.3) is 5.65 Å². The smallest absolute Gasteiger partial charge is 0.243 e. The van der Waals surface area contributed by atoms with E-state index in [0.717, 1.165) is 12.3 Å². The highest BCUT2D eigenvalue weighted by molar-refractivity contribution is 5.44. The molecule has 0 aliphatic rings. The van der Waals surface area contributed by atoms with Crippen molar-refractivity contribution in [3.05, 3.63) is 23.9 Å². The number of fused-ring (bicyclic) bond motifs is 1. The van der Waals surface area contributed by atoms with Crippen molar-refractivity contribution in [2.75, 3.05) is 18.5 Å². The van der Waals surface area contributed by atoms with Crippen LogP contribution in [0.3, 0.4) is 0 Å². The van der Waals surface area contributed by atoms with Crippen LogP contribution in [0.1, 0.15) is 26.3 Å². The van der Waals surface area contributed by atoms with Crippen molar-refractivity contribution in [1.29, 1.82) is 0 Å². The number of nitrogens with zero attached hydrogens (tertiary/aromatic N) is 3. The minimum absolute atomic E-state index is 0.221. The van der Waals surface area contributed by atoms with Crippen LogP contribution in [-0.4, -0.2) is 33.9 Å². The fraction of sp³-hybridized carbons (Fsp3) is 0.571. The zero-order valence-electron chi connectivity index (χ0n) is 12.1. The predicted octanol–water partition coefficient (Wildman–Crippen LogP) is 2.51. The molecule has 2 aromatic heterocycles. The van der Waals surface area contributed by atoms with Gasteiger partial charge in [-0.3, -0.25) is 0 Å². The second-order valence-electron chi connectivity index (χ2n) is 5.10. The highest BCUT2D eigenvalue weighted by Gasteiger charge is 2.15. The molecule has 0 saturated carbocycles. The molecular weight excluding hydrogens is 240 g/mol. The molecule has 5 heteroatoms. The number of ether oxygens (including phenoxy) is 1. The molecule has 0 aromatic carbocycles. The summed E-state index contributed by atoms with van der Waals surface area (Å²) in [7, 11) is 0. The number of aromatic nitrogens is 3. The average molecular weight is 262 g/mol. The molecule has 104 valence electrons. The Hall–Kier alpha value is -1.62. The van der Waals surface area contributed by atoms with E-state index >= 15 is 0 Å². The minimum atomic E-state index is 0.221. The number of nitrogens with one attached hydrogen (secondary N) is 1. The average Bonchev–Trinajstić information content (AvgIpc) is 2.75. The van der Waals surface area contributed by atoms with E-state index in [0.29, 0.717) is 18.5 Å². The Morgan fingerprint density at radius 2 is 2.16 bits per heavy atom. The third-order valence-electron chi connectivity index (χ3n) is 3.10. The number of rotatable bonds is 6. The summed E-state index contributed by atoms with van der Waals surface area (Å²) in [6.07, 6.45) is 1.97. The molecule has 2 heterocycles. The van der Waals surface area contributed by atoms with Crippen LogP contribution < -0.4 is 5.32 Å². The summed E-state index contributed by atoms with van der Waals surface area (Å²) in [4.78, 5) is 4.47. The van der Waals surface area contributed by atoms with Crippen LogP contribution in [0.15, 0.2) is 18.3 Å². The van der Waals surface area contributed by atoms with E-state index in [1.807, 2.05) is 32.2 Å². The van der Waals surface area contributed by atoms with Crippen molar-refractivity contribution >= 4 is 11.6 Å². The highest BCUT2D eigenvalue weighted by Crippen LogP contribution is 2.12.